The minimum Gasteiger partial charge on any atom is -0.374 e. The summed E-state index contributed by atoms with van der Waals surface area (Å²) in [5.41, 5.74) is 3.86. The summed E-state index contributed by atoms with van der Waals surface area (Å²) in [6.07, 6.45) is 0.514. The number of carbonyl (C=O) groups excluding carboxylic acids is 1. The second-order valence-electron chi connectivity index (χ2n) is 16.9. The number of hydrogen-bond acceptors (Lipinski definition) is 9. The highest BCUT2D eigenvalue weighted by Crippen LogP contribution is 2.34. The molecule has 0 radical (unpaired) electrons. The third-order valence-electron chi connectivity index (χ3n) is 11.0. The molecule has 10 heteroatoms. The second kappa shape index (κ2) is 32.4. The number of terminal acetylenes is 1. The molecule has 1 amide bonds. The van der Waals surface area contributed by atoms with Crippen LogP contribution in [0, 0.1) is 131 Å². The number of amides is 1. The lowest BCUT2D eigenvalue weighted by atomic mass is 9.97. The van der Waals surface area contributed by atoms with E-state index in [1.54, 1.807) is 0 Å². The van der Waals surface area contributed by atoms with Gasteiger partial charge >= 0.3 is 0 Å². The smallest absolute Gasteiger partial charge is 0.297 e. The monoisotopic (exact) mass is 1050 g/mol. The van der Waals surface area contributed by atoms with E-state index in [9.17, 15) is 4.79 Å². The van der Waals surface area contributed by atoms with Gasteiger partial charge in [-0.25, -0.2) is 0 Å². The van der Waals surface area contributed by atoms with E-state index in [0.29, 0.717) is 13.0 Å². The molecule has 4 aromatic rings. The Labute approximate surface area is 480 Å². The predicted octanol–water partition coefficient (Wildman–Crippen LogP) is 12.2. The third kappa shape index (κ3) is 20.2. The summed E-state index contributed by atoms with van der Waals surface area (Å²) in [6.45, 7) is 6.72. The lowest BCUT2D eigenvalue weighted by Gasteiger charge is -2.46. The standard InChI is InChI=1S/C66H53NO9.22H2/c1-5-7-8-9-10-11-12-13-14-15-16-17-18-19-20-21-22-23-24-37-46-60(68)67-57(61-58(6-2)75-66(3,4)76-61)51-73-65-64(72-50-56-44-35-28-36-45-56)63(71-49-55-42-33-27-34-43-55)62(70-48-54-40-31-26-32-41-54)59(74-65)52-69-47-53-38-29-25-30-39-53;;;;;;;;;;;;;;;;;;;;;;/h1,25-36,38-45,57-59,61-65H,6,47-52H2,2-4H3,(H,67,68);22*1H/t57-,58+,59?,61-,62?,63?,64?,65?;;;;;;;;;;;;;;;;;;;;;;/m0....................../s1. The quantitative estimate of drug-likeness (QED) is 0.0920. The molecule has 0 bridgehead atoms. The minimum atomic E-state index is -1.06. The van der Waals surface area contributed by atoms with E-state index in [2.05, 4.69) is 130 Å². The molecule has 10 nitrogen and oxygen atoms in total. The first kappa shape index (κ1) is 56.5. The number of carbonyl (C=O) groups is 1. The topological polar surface area (TPSA) is 103 Å². The SMILES string of the molecule is C#CC#CC#CC#CC#CC#CC#CC#CC#CC#CC#CC(=O)N[C@@H](COC1OC(COCc2ccccc2)C(OCc2ccccc2)C(OCc2ccccc2)C1OCc1ccccc1)[C@@H]1OC(C)(C)O[C@@H]1CC.[HH].[HH].[HH].[HH].[HH].[HH].[HH].[HH].[HH].[HH].[HH].[HH].[HH].[HH].[HH].[HH].[HH].[HH].[HH].[HH].[HH].[HH]. The van der Waals surface area contributed by atoms with Gasteiger partial charge in [0.05, 0.1) is 51.8 Å². The van der Waals surface area contributed by atoms with Crippen molar-refractivity contribution in [3.05, 3.63) is 144 Å². The van der Waals surface area contributed by atoms with Crippen molar-refractivity contribution in [1.29, 1.82) is 0 Å². The van der Waals surface area contributed by atoms with Gasteiger partial charge in [0, 0.05) is 61.0 Å². The van der Waals surface area contributed by atoms with Crippen LogP contribution in [0.3, 0.4) is 0 Å². The van der Waals surface area contributed by atoms with E-state index >= 15 is 0 Å². The molecule has 6 rings (SSSR count). The van der Waals surface area contributed by atoms with Crippen LogP contribution in [-0.4, -0.2) is 73.9 Å². The number of hydrogen-bond donors (Lipinski definition) is 1. The first-order valence-corrected chi connectivity index (χ1v) is 24.3. The molecule has 2 aliphatic heterocycles. The maximum absolute atomic E-state index is 13.6. The van der Waals surface area contributed by atoms with Gasteiger partial charge in [0.15, 0.2) is 12.1 Å². The van der Waals surface area contributed by atoms with E-state index in [1.807, 2.05) is 142 Å². The second-order valence-corrected chi connectivity index (χ2v) is 16.9. The van der Waals surface area contributed by atoms with Crippen molar-refractivity contribution in [3.8, 4) is 131 Å². The average molecular weight is 1050 g/mol. The lowest BCUT2D eigenvalue weighted by molar-refractivity contribution is -0.329. The first-order chi connectivity index (χ1) is 37.3. The van der Waals surface area contributed by atoms with Gasteiger partial charge in [0.2, 0.25) is 0 Å². The maximum atomic E-state index is 13.6. The number of rotatable bonds is 19. The molecule has 1 N–H and O–H groups in total. The van der Waals surface area contributed by atoms with Crippen LogP contribution in [-0.2, 0) is 69.1 Å². The van der Waals surface area contributed by atoms with Crippen LogP contribution in [0.2, 0.25) is 0 Å². The van der Waals surface area contributed by atoms with Gasteiger partial charge in [0.25, 0.3) is 5.91 Å². The molecule has 8 atom stereocenters. The Hall–Kier alpha value is -8.81. The Morgan fingerprint density at radius 3 is 1.39 bits per heavy atom. The van der Waals surface area contributed by atoms with E-state index < -0.39 is 60.6 Å². The highest BCUT2D eigenvalue weighted by atomic mass is 16.8. The molecule has 420 valence electrons. The van der Waals surface area contributed by atoms with Gasteiger partial charge in [-0.05, 0) is 137 Å². The molecule has 0 spiro atoms. The molecule has 2 aliphatic rings. The Bertz CT molecular complexity index is 3330. The molecule has 0 aliphatic carbocycles. The van der Waals surface area contributed by atoms with E-state index in [-0.39, 0.29) is 64.4 Å². The summed E-state index contributed by atoms with van der Waals surface area (Å²) in [6, 6.07) is 38.7. The first-order valence-electron chi connectivity index (χ1n) is 24.3. The van der Waals surface area contributed by atoms with Crippen LogP contribution in [0.5, 0.6) is 0 Å². The highest BCUT2D eigenvalue weighted by Gasteiger charge is 2.50. The van der Waals surface area contributed by atoms with Gasteiger partial charge in [-0.1, -0.05) is 128 Å². The minimum absolute atomic E-state index is 0. The summed E-state index contributed by atoms with van der Waals surface area (Å²) < 4.78 is 53.4. The molecule has 2 fully saturated rings. The van der Waals surface area contributed by atoms with Crippen molar-refractivity contribution in [2.75, 3.05) is 13.2 Å². The molecule has 5 unspecified atom stereocenters. The Balaban J connectivity index is -0.000000199. The number of ether oxygens (including phenoxy) is 8. The van der Waals surface area contributed by atoms with E-state index in [0.717, 1.165) is 22.3 Å². The molecule has 0 saturated carbocycles. The lowest BCUT2D eigenvalue weighted by Crippen LogP contribution is -2.62. The van der Waals surface area contributed by atoms with Gasteiger partial charge in [-0.2, -0.15) is 0 Å². The molecule has 2 heterocycles. The van der Waals surface area contributed by atoms with Crippen LogP contribution in [0.4, 0.5) is 0 Å². The summed E-state index contributed by atoms with van der Waals surface area (Å²) in [4.78, 5) is 13.6. The van der Waals surface area contributed by atoms with Crippen LogP contribution in [0.25, 0.3) is 0 Å². The molecule has 4 aromatic carbocycles. The fourth-order valence-electron chi connectivity index (χ4n) is 7.68. The normalized spacial score (nSPS) is 19.4. The van der Waals surface area contributed by atoms with E-state index in [4.69, 9.17) is 44.3 Å². The summed E-state index contributed by atoms with van der Waals surface area (Å²) in [5.74, 6) is 50.9. The average Bonchev–Trinajstić information content (AvgIpc) is 3.77. The van der Waals surface area contributed by atoms with Gasteiger partial charge in [-0.3, -0.25) is 4.79 Å². The van der Waals surface area contributed by atoms with Crippen LogP contribution in [0.1, 0.15) is 80.8 Å². The Kier molecular flexibility index (Phi) is 24.1. The van der Waals surface area contributed by atoms with Crippen molar-refractivity contribution in [3.63, 3.8) is 0 Å². The molecular weight excluding hydrogens is 951 g/mol. The van der Waals surface area contributed by atoms with Crippen molar-refractivity contribution in [1.82, 2.24) is 5.32 Å². The zero-order valence-corrected chi connectivity index (χ0v) is 42.4. The maximum Gasteiger partial charge on any atom is 0.297 e. The van der Waals surface area contributed by atoms with E-state index in [1.165, 1.54) is 0 Å². The van der Waals surface area contributed by atoms with Crippen LogP contribution < -0.4 is 5.32 Å². The van der Waals surface area contributed by atoms with Crippen molar-refractivity contribution >= 4 is 5.91 Å². The fourth-order valence-corrected chi connectivity index (χ4v) is 7.68. The van der Waals surface area contributed by atoms with Crippen LogP contribution >= 0.6 is 0 Å². The largest absolute Gasteiger partial charge is 0.374 e. The number of benzene rings is 4. The van der Waals surface area contributed by atoms with Crippen molar-refractivity contribution in [2.24, 2.45) is 0 Å². The zero-order valence-electron chi connectivity index (χ0n) is 42.4. The van der Waals surface area contributed by atoms with Crippen molar-refractivity contribution < 1.29 is 74.1 Å². The summed E-state index contributed by atoms with van der Waals surface area (Å²) >= 11 is 0. The Morgan fingerprint density at radius 1 is 0.539 bits per heavy atom. The molecule has 76 heavy (non-hydrogen) atoms. The molecular formula is C66H97NO9. The molecule has 2 saturated heterocycles. The third-order valence-corrected chi connectivity index (χ3v) is 11.0. The summed E-state index contributed by atoms with van der Waals surface area (Å²) in [7, 11) is 0. The highest BCUT2D eigenvalue weighted by molar-refractivity contribution is 5.94. The fraction of sp³-hybridized carbons (Fsp3) is 0.288. The van der Waals surface area contributed by atoms with Gasteiger partial charge in [-0.15, -0.1) is 6.42 Å². The van der Waals surface area contributed by atoms with Crippen molar-refractivity contribution in [2.45, 2.75) is 108 Å². The van der Waals surface area contributed by atoms with Gasteiger partial charge in [0.1, 0.15) is 30.5 Å². The number of nitrogens with one attached hydrogen (secondary N) is 1. The van der Waals surface area contributed by atoms with Gasteiger partial charge < -0.3 is 43.2 Å². The molecule has 0 aromatic heterocycles. The Morgan fingerprint density at radius 2 is 0.947 bits per heavy atom. The summed E-state index contributed by atoms with van der Waals surface area (Å²) in [5, 5.41) is 3.00. The van der Waals surface area contributed by atoms with Crippen LogP contribution in [0.15, 0.2) is 121 Å². The zero-order chi connectivity index (χ0) is 53.3. The predicted molar refractivity (Wildman–Crippen MR) is 335 cm³/mol.